The van der Waals surface area contributed by atoms with Gasteiger partial charge in [0.1, 0.15) is 16.4 Å². The third-order valence-corrected chi connectivity index (χ3v) is 8.59. The van der Waals surface area contributed by atoms with Crippen molar-refractivity contribution in [2.75, 3.05) is 24.5 Å². The smallest absolute Gasteiger partial charge is 0.343 e. The largest absolute Gasteiger partial charge is 0.480 e. The SMILES string of the molecule is CC1(C)CCN2CCC(C)(C)c3c2c1cc1cc(/C=C2/SC(=S)N(CC(=O)O)C2=O)c(=O)oc31. The van der Waals surface area contributed by atoms with Gasteiger partial charge in [0.15, 0.2) is 0 Å². The molecule has 0 radical (unpaired) electrons. The van der Waals surface area contributed by atoms with Gasteiger partial charge >= 0.3 is 11.6 Å². The number of fused-ring (bicyclic) bond motifs is 2. The van der Waals surface area contributed by atoms with E-state index in [0.717, 1.165) is 53.5 Å². The maximum absolute atomic E-state index is 13.1. The van der Waals surface area contributed by atoms with Crippen molar-refractivity contribution < 1.29 is 19.1 Å². The van der Waals surface area contributed by atoms with Crippen molar-refractivity contribution >= 4 is 62.9 Å². The number of aliphatic carboxylic acids is 1. The summed E-state index contributed by atoms with van der Waals surface area (Å²) in [6.45, 7) is 10.3. The van der Waals surface area contributed by atoms with Gasteiger partial charge in [0.25, 0.3) is 5.91 Å². The normalized spacial score (nSPS) is 21.9. The lowest BCUT2D eigenvalue weighted by Gasteiger charge is -2.48. The number of carbonyl (C=O) groups excluding carboxylic acids is 1. The zero-order chi connectivity index (χ0) is 24.6. The second kappa shape index (κ2) is 7.68. The Morgan fingerprint density at radius 2 is 1.85 bits per heavy atom. The molecule has 2 aromatic rings. The van der Waals surface area contributed by atoms with Gasteiger partial charge in [0.2, 0.25) is 0 Å². The molecule has 1 aromatic carbocycles. The molecule has 34 heavy (non-hydrogen) atoms. The first kappa shape index (κ1) is 23.1. The molecule has 9 heteroatoms. The van der Waals surface area contributed by atoms with Crippen LogP contribution in [0.25, 0.3) is 17.0 Å². The second-order valence-electron chi connectivity index (χ2n) is 10.5. The van der Waals surface area contributed by atoms with E-state index in [1.54, 1.807) is 6.07 Å². The molecule has 1 fully saturated rings. The first-order valence-electron chi connectivity index (χ1n) is 11.3. The third kappa shape index (κ3) is 3.56. The summed E-state index contributed by atoms with van der Waals surface area (Å²) < 4.78 is 6.10. The van der Waals surface area contributed by atoms with Crippen LogP contribution in [0.5, 0.6) is 0 Å². The van der Waals surface area contributed by atoms with Crippen molar-refractivity contribution in [3.8, 4) is 0 Å². The average Bonchev–Trinajstić information content (AvgIpc) is 2.99. The van der Waals surface area contributed by atoms with E-state index in [2.05, 4.69) is 38.7 Å². The van der Waals surface area contributed by atoms with Gasteiger partial charge in [0, 0.05) is 29.7 Å². The number of hydrogen-bond acceptors (Lipinski definition) is 7. The fourth-order valence-corrected chi connectivity index (χ4v) is 6.43. The Morgan fingerprint density at radius 3 is 2.53 bits per heavy atom. The summed E-state index contributed by atoms with van der Waals surface area (Å²) >= 11 is 6.15. The minimum Gasteiger partial charge on any atom is -0.480 e. The van der Waals surface area contributed by atoms with Crippen molar-refractivity contribution in [2.45, 2.75) is 51.4 Å². The molecule has 0 spiro atoms. The molecule has 7 nitrogen and oxygen atoms in total. The summed E-state index contributed by atoms with van der Waals surface area (Å²) in [4.78, 5) is 40.5. The van der Waals surface area contributed by atoms with E-state index in [1.165, 1.54) is 17.3 Å². The molecule has 1 aromatic heterocycles. The molecule has 0 bridgehead atoms. The highest BCUT2D eigenvalue weighted by Gasteiger charge is 2.42. The monoisotopic (exact) mass is 498 g/mol. The van der Waals surface area contributed by atoms with Gasteiger partial charge in [0.05, 0.1) is 10.5 Å². The minimum atomic E-state index is -1.15. The van der Waals surface area contributed by atoms with Crippen LogP contribution < -0.4 is 10.5 Å². The molecular weight excluding hydrogens is 472 g/mol. The molecule has 0 saturated carbocycles. The summed E-state index contributed by atoms with van der Waals surface area (Å²) in [6.07, 6.45) is 3.47. The van der Waals surface area contributed by atoms with E-state index in [9.17, 15) is 14.4 Å². The minimum absolute atomic E-state index is 0.0161. The molecule has 3 aliphatic rings. The summed E-state index contributed by atoms with van der Waals surface area (Å²) in [5.74, 6) is -1.67. The first-order chi connectivity index (χ1) is 15.9. The van der Waals surface area contributed by atoms with E-state index >= 15 is 0 Å². The highest BCUT2D eigenvalue weighted by atomic mass is 32.2. The van der Waals surface area contributed by atoms with Crippen LogP contribution in [0, 0.1) is 0 Å². The van der Waals surface area contributed by atoms with Crippen LogP contribution in [0.15, 0.2) is 26.2 Å². The van der Waals surface area contributed by atoms with Gasteiger partial charge in [-0.1, -0.05) is 51.7 Å². The summed E-state index contributed by atoms with van der Waals surface area (Å²) in [6, 6.07) is 3.90. The van der Waals surface area contributed by atoms with Crippen LogP contribution in [-0.4, -0.2) is 45.8 Å². The number of carbonyl (C=O) groups is 2. The summed E-state index contributed by atoms with van der Waals surface area (Å²) in [7, 11) is 0. The highest BCUT2D eigenvalue weighted by Crippen LogP contribution is 2.51. The molecule has 1 N–H and O–H groups in total. The molecule has 0 atom stereocenters. The van der Waals surface area contributed by atoms with Gasteiger partial charge in [-0.25, -0.2) is 4.79 Å². The number of anilines is 1. The maximum Gasteiger partial charge on any atom is 0.343 e. The molecule has 3 aliphatic heterocycles. The fraction of sp³-hybridized carbons (Fsp3) is 0.440. The average molecular weight is 499 g/mol. The van der Waals surface area contributed by atoms with Gasteiger partial charge in [-0.05, 0) is 47.4 Å². The van der Waals surface area contributed by atoms with Crippen molar-refractivity contribution in [3.05, 3.63) is 44.1 Å². The first-order valence-corrected chi connectivity index (χ1v) is 12.5. The lowest BCUT2D eigenvalue weighted by molar-refractivity contribution is -0.140. The van der Waals surface area contributed by atoms with Gasteiger partial charge in [-0.15, -0.1) is 0 Å². The van der Waals surface area contributed by atoms with Crippen molar-refractivity contribution in [2.24, 2.45) is 0 Å². The van der Waals surface area contributed by atoms with Gasteiger partial charge in [-0.2, -0.15) is 0 Å². The van der Waals surface area contributed by atoms with E-state index in [1.807, 2.05) is 0 Å². The number of carboxylic acids is 1. The molecule has 1 amide bonds. The maximum atomic E-state index is 13.1. The van der Waals surface area contributed by atoms with Crippen molar-refractivity contribution in [3.63, 3.8) is 0 Å². The van der Waals surface area contributed by atoms with E-state index in [0.29, 0.717) is 5.58 Å². The zero-order valence-corrected chi connectivity index (χ0v) is 21.2. The van der Waals surface area contributed by atoms with Crippen LogP contribution in [-0.2, 0) is 20.4 Å². The number of amides is 1. The van der Waals surface area contributed by atoms with Crippen LogP contribution in [0.2, 0.25) is 0 Å². The lowest BCUT2D eigenvalue weighted by atomic mass is 9.69. The third-order valence-electron chi connectivity index (χ3n) is 7.21. The topological polar surface area (TPSA) is 91.1 Å². The zero-order valence-electron chi connectivity index (χ0n) is 19.6. The molecule has 1 saturated heterocycles. The Morgan fingerprint density at radius 1 is 1.18 bits per heavy atom. The lowest BCUT2D eigenvalue weighted by Crippen LogP contribution is -2.44. The predicted octanol–water partition coefficient (Wildman–Crippen LogP) is 4.25. The van der Waals surface area contributed by atoms with Crippen LogP contribution >= 0.6 is 24.0 Å². The number of carboxylic acid groups (broad SMARTS) is 1. The molecule has 5 rings (SSSR count). The summed E-state index contributed by atoms with van der Waals surface area (Å²) in [5.41, 5.74) is 3.68. The number of thiocarbonyl (C=S) groups is 1. The van der Waals surface area contributed by atoms with Gasteiger partial charge < -0.3 is 14.4 Å². The van der Waals surface area contributed by atoms with E-state index < -0.39 is 24.0 Å². The predicted molar refractivity (Wildman–Crippen MR) is 137 cm³/mol. The number of hydrogen-bond donors (Lipinski definition) is 1. The Bertz CT molecular complexity index is 1370. The van der Waals surface area contributed by atoms with Crippen molar-refractivity contribution in [1.29, 1.82) is 0 Å². The Kier molecular flexibility index (Phi) is 5.22. The number of thioether (sulfide) groups is 1. The number of nitrogens with zero attached hydrogens (tertiary/aromatic N) is 2. The fourth-order valence-electron chi connectivity index (χ4n) is 5.18. The quantitative estimate of drug-likeness (QED) is 0.382. The molecule has 0 unspecified atom stereocenters. The van der Waals surface area contributed by atoms with Crippen LogP contribution in [0.4, 0.5) is 5.69 Å². The highest BCUT2D eigenvalue weighted by molar-refractivity contribution is 8.26. The van der Waals surface area contributed by atoms with E-state index in [4.69, 9.17) is 21.7 Å². The Hall–Kier alpha value is -2.65. The molecular formula is C25H26N2O5S2. The standard InChI is InChI=1S/C25H26N2O5S2/c1-24(2)5-7-26-8-6-25(3,4)18-19(26)15(24)10-13-9-14(22(31)32-20(13)18)11-16-21(30)27(12-17(28)29)23(33)34-16/h9-11H,5-8,12H2,1-4H3,(H,28,29)/b16-11+. The van der Waals surface area contributed by atoms with E-state index in [-0.39, 0.29) is 25.6 Å². The van der Waals surface area contributed by atoms with Gasteiger partial charge in [-0.3, -0.25) is 14.5 Å². The molecule has 178 valence electrons. The van der Waals surface area contributed by atoms with Crippen molar-refractivity contribution in [1.82, 2.24) is 4.90 Å². The Labute approximate surface area is 206 Å². The summed E-state index contributed by atoms with van der Waals surface area (Å²) in [5, 5.41) is 9.88. The Balaban J connectivity index is 1.69. The number of benzene rings is 1. The van der Waals surface area contributed by atoms with Crippen LogP contribution in [0.3, 0.4) is 0 Å². The molecule has 0 aliphatic carbocycles. The second-order valence-corrected chi connectivity index (χ2v) is 12.1. The number of rotatable bonds is 3. The van der Waals surface area contributed by atoms with Crippen LogP contribution in [0.1, 0.15) is 57.2 Å². The molecule has 4 heterocycles.